The summed E-state index contributed by atoms with van der Waals surface area (Å²) < 4.78 is 5.21. The Balaban J connectivity index is 4.19. The van der Waals surface area contributed by atoms with Gasteiger partial charge in [0.1, 0.15) is 0 Å². The number of methoxy groups -OCH3 is 1. The van der Waals surface area contributed by atoms with Crippen molar-refractivity contribution in [1.82, 2.24) is 10.2 Å². The first-order chi connectivity index (χ1) is 8.06. The van der Waals surface area contributed by atoms with Crippen molar-refractivity contribution in [3.8, 4) is 0 Å². The quantitative estimate of drug-likeness (QED) is 0.602. The summed E-state index contributed by atoms with van der Waals surface area (Å²) in [6.45, 7) is 4.04. The summed E-state index contributed by atoms with van der Waals surface area (Å²) in [6.07, 6.45) is 1.98. The highest BCUT2D eigenvalue weighted by Gasteiger charge is 2.19. The summed E-state index contributed by atoms with van der Waals surface area (Å²) in [5.74, 6) is 0.0640. The van der Waals surface area contributed by atoms with E-state index >= 15 is 0 Å². The van der Waals surface area contributed by atoms with E-state index in [0.717, 1.165) is 19.4 Å². The maximum absolute atomic E-state index is 11.5. The highest BCUT2D eigenvalue weighted by molar-refractivity contribution is 5.78. The van der Waals surface area contributed by atoms with Gasteiger partial charge in [0, 0.05) is 32.7 Å². The van der Waals surface area contributed by atoms with Crippen LogP contribution in [0.25, 0.3) is 0 Å². The van der Waals surface area contributed by atoms with Gasteiger partial charge in [0.15, 0.2) is 0 Å². The van der Waals surface area contributed by atoms with Crippen LogP contribution in [-0.4, -0.2) is 57.8 Å². The SMILES string of the molecule is CNC(=O)C(C)CN(C)C(CCCN)COC. The number of amides is 1. The minimum absolute atomic E-state index is 0.0118. The number of nitrogens with zero attached hydrogens (tertiary/aromatic N) is 1. The molecule has 0 rings (SSSR count). The summed E-state index contributed by atoms with van der Waals surface area (Å²) in [5, 5.41) is 2.67. The molecule has 102 valence electrons. The molecule has 0 saturated carbocycles. The van der Waals surface area contributed by atoms with Gasteiger partial charge in [-0.15, -0.1) is 0 Å². The van der Waals surface area contributed by atoms with E-state index < -0.39 is 0 Å². The van der Waals surface area contributed by atoms with Crippen molar-refractivity contribution in [2.24, 2.45) is 11.7 Å². The maximum Gasteiger partial charge on any atom is 0.223 e. The minimum Gasteiger partial charge on any atom is -0.383 e. The predicted molar refractivity (Wildman–Crippen MR) is 69.8 cm³/mol. The maximum atomic E-state index is 11.5. The molecule has 5 heteroatoms. The van der Waals surface area contributed by atoms with E-state index in [-0.39, 0.29) is 11.8 Å². The van der Waals surface area contributed by atoms with Crippen LogP contribution < -0.4 is 11.1 Å². The van der Waals surface area contributed by atoms with Crippen LogP contribution in [0.4, 0.5) is 0 Å². The minimum atomic E-state index is -0.0118. The Labute approximate surface area is 105 Å². The van der Waals surface area contributed by atoms with E-state index in [9.17, 15) is 4.79 Å². The zero-order chi connectivity index (χ0) is 13.3. The van der Waals surface area contributed by atoms with Crippen LogP contribution in [0.1, 0.15) is 19.8 Å². The van der Waals surface area contributed by atoms with Crippen molar-refractivity contribution >= 4 is 5.91 Å². The second-order valence-electron chi connectivity index (χ2n) is 4.49. The van der Waals surface area contributed by atoms with Gasteiger partial charge in [0.25, 0.3) is 0 Å². The molecular weight excluding hydrogens is 218 g/mol. The summed E-state index contributed by atoms with van der Waals surface area (Å²) in [7, 11) is 5.39. The van der Waals surface area contributed by atoms with E-state index in [2.05, 4.69) is 10.2 Å². The smallest absolute Gasteiger partial charge is 0.223 e. The van der Waals surface area contributed by atoms with Gasteiger partial charge < -0.3 is 20.7 Å². The van der Waals surface area contributed by atoms with Gasteiger partial charge in [-0.1, -0.05) is 6.92 Å². The summed E-state index contributed by atoms with van der Waals surface area (Å²) in [4.78, 5) is 13.6. The molecule has 17 heavy (non-hydrogen) atoms. The molecule has 2 atom stereocenters. The fourth-order valence-electron chi connectivity index (χ4n) is 1.89. The van der Waals surface area contributed by atoms with Gasteiger partial charge >= 0.3 is 0 Å². The molecule has 0 aliphatic carbocycles. The lowest BCUT2D eigenvalue weighted by Crippen LogP contribution is -2.41. The molecule has 0 spiro atoms. The third kappa shape index (κ3) is 6.61. The van der Waals surface area contributed by atoms with Crippen molar-refractivity contribution in [1.29, 1.82) is 0 Å². The second kappa shape index (κ2) is 9.39. The van der Waals surface area contributed by atoms with Crippen LogP contribution in [0.2, 0.25) is 0 Å². The molecule has 0 fully saturated rings. The van der Waals surface area contributed by atoms with Crippen molar-refractivity contribution in [3.05, 3.63) is 0 Å². The number of likely N-dealkylation sites (N-methyl/N-ethyl adjacent to an activating group) is 1. The number of hydrogen-bond acceptors (Lipinski definition) is 4. The van der Waals surface area contributed by atoms with Crippen LogP contribution in [0.3, 0.4) is 0 Å². The lowest BCUT2D eigenvalue weighted by Gasteiger charge is -2.29. The van der Waals surface area contributed by atoms with Crippen LogP contribution in [0.5, 0.6) is 0 Å². The molecule has 1 amide bonds. The topological polar surface area (TPSA) is 67.6 Å². The Morgan fingerprint density at radius 3 is 2.65 bits per heavy atom. The molecule has 0 aromatic carbocycles. The Morgan fingerprint density at radius 1 is 1.53 bits per heavy atom. The molecule has 0 saturated heterocycles. The van der Waals surface area contributed by atoms with Gasteiger partial charge in [0.2, 0.25) is 5.91 Å². The monoisotopic (exact) mass is 245 g/mol. The fraction of sp³-hybridized carbons (Fsp3) is 0.917. The summed E-state index contributed by atoms with van der Waals surface area (Å²) >= 11 is 0. The number of hydrogen-bond donors (Lipinski definition) is 2. The number of nitrogens with two attached hydrogens (primary N) is 1. The first-order valence-corrected chi connectivity index (χ1v) is 6.17. The van der Waals surface area contributed by atoms with Crippen LogP contribution in [0, 0.1) is 5.92 Å². The first kappa shape index (κ1) is 16.4. The number of carbonyl (C=O) groups excluding carboxylic acids is 1. The molecule has 0 bridgehead atoms. The van der Waals surface area contributed by atoms with Gasteiger partial charge in [0.05, 0.1) is 6.61 Å². The van der Waals surface area contributed by atoms with Crippen molar-refractivity contribution in [2.75, 3.05) is 40.9 Å². The highest BCUT2D eigenvalue weighted by Crippen LogP contribution is 2.08. The third-order valence-corrected chi connectivity index (χ3v) is 2.98. The molecule has 2 unspecified atom stereocenters. The van der Waals surface area contributed by atoms with Crippen LogP contribution in [-0.2, 0) is 9.53 Å². The van der Waals surface area contributed by atoms with Gasteiger partial charge in [-0.05, 0) is 26.4 Å². The van der Waals surface area contributed by atoms with E-state index in [4.69, 9.17) is 10.5 Å². The zero-order valence-corrected chi connectivity index (χ0v) is 11.5. The third-order valence-electron chi connectivity index (χ3n) is 2.98. The van der Waals surface area contributed by atoms with Crippen LogP contribution >= 0.6 is 0 Å². The number of nitrogens with one attached hydrogen (secondary N) is 1. The molecule has 0 heterocycles. The van der Waals surface area contributed by atoms with Crippen LogP contribution in [0.15, 0.2) is 0 Å². The Bertz CT molecular complexity index is 212. The molecular formula is C12H27N3O2. The zero-order valence-electron chi connectivity index (χ0n) is 11.5. The fourth-order valence-corrected chi connectivity index (χ4v) is 1.89. The normalized spacial score (nSPS) is 14.7. The molecule has 0 aromatic rings. The highest BCUT2D eigenvalue weighted by atomic mass is 16.5. The number of ether oxygens (including phenoxy) is 1. The lowest BCUT2D eigenvalue weighted by atomic mass is 10.1. The Kier molecular flexibility index (Phi) is 9.03. The predicted octanol–water partition coefficient (Wildman–Crippen LogP) is 0.0542. The average molecular weight is 245 g/mol. The summed E-state index contributed by atoms with van der Waals surface area (Å²) in [5.41, 5.74) is 5.52. The molecule has 0 aliphatic heterocycles. The summed E-state index contributed by atoms with van der Waals surface area (Å²) in [6, 6.07) is 0.329. The van der Waals surface area contributed by atoms with Crippen molar-refractivity contribution in [2.45, 2.75) is 25.8 Å². The van der Waals surface area contributed by atoms with Gasteiger partial charge in [-0.25, -0.2) is 0 Å². The van der Waals surface area contributed by atoms with E-state index in [1.54, 1.807) is 14.2 Å². The number of rotatable bonds is 9. The van der Waals surface area contributed by atoms with E-state index in [0.29, 0.717) is 19.2 Å². The molecule has 0 aliphatic rings. The largest absolute Gasteiger partial charge is 0.383 e. The average Bonchev–Trinajstić information content (AvgIpc) is 2.32. The van der Waals surface area contributed by atoms with Crippen molar-refractivity contribution in [3.63, 3.8) is 0 Å². The Hall–Kier alpha value is -0.650. The first-order valence-electron chi connectivity index (χ1n) is 6.17. The molecule has 3 N–H and O–H groups in total. The van der Waals surface area contributed by atoms with Gasteiger partial charge in [-0.2, -0.15) is 0 Å². The molecule has 5 nitrogen and oxygen atoms in total. The van der Waals surface area contributed by atoms with E-state index in [1.165, 1.54) is 0 Å². The molecule has 0 radical (unpaired) electrons. The Morgan fingerprint density at radius 2 is 2.18 bits per heavy atom. The second-order valence-corrected chi connectivity index (χ2v) is 4.49. The van der Waals surface area contributed by atoms with Crippen molar-refractivity contribution < 1.29 is 9.53 Å². The standard InChI is InChI=1S/C12H27N3O2/c1-10(12(16)14-2)8-15(3)11(9-17-4)6-5-7-13/h10-11H,5-9,13H2,1-4H3,(H,14,16). The lowest BCUT2D eigenvalue weighted by molar-refractivity contribution is -0.124. The van der Waals surface area contributed by atoms with Gasteiger partial charge in [-0.3, -0.25) is 4.79 Å². The number of carbonyl (C=O) groups is 1. The van der Waals surface area contributed by atoms with E-state index in [1.807, 2.05) is 14.0 Å². The molecule has 0 aromatic heterocycles.